The molecule has 2 unspecified atom stereocenters. The third-order valence-electron chi connectivity index (χ3n) is 3.21. The molecule has 2 atom stereocenters. The van der Waals surface area contributed by atoms with Crippen molar-refractivity contribution in [3.05, 3.63) is 60.2 Å². The van der Waals surface area contributed by atoms with Crippen molar-refractivity contribution in [2.45, 2.75) is 12.3 Å². The summed E-state index contributed by atoms with van der Waals surface area (Å²) < 4.78 is 7.57. The molecule has 2 aromatic carbocycles. The molecular weight excluding hydrogens is 226 g/mol. The predicted molar refractivity (Wildman–Crippen MR) is 66.8 cm³/mol. The molecule has 0 N–H and O–H groups in total. The Morgan fingerprint density at radius 3 is 2.61 bits per heavy atom. The van der Waals surface area contributed by atoms with Crippen molar-refractivity contribution in [1.82, 2.24) is 15.0 Å². The molecule has 1 fully saturated rings. The maximum atomic E-state index is 5.72. The van der Waals surface area contributed by atoms with Gasteiger partial charge >= 0.3 is 0 Å². The van der Waals surface area contributed by atoms with Crippen molar-refractivity contribution < 1.29 is 4.74 Å². The highest BCUT2D eigenvalue weighted by atomic mass is 16.6. The summed E-state index contributed by atoms with van der Waals surface area (Å²) >= 11 is 0. The standard InChI is InChI=1S/C14H11N3O/c1-2-6-10(7-3-1)13-14(18-13)17-12-9-5-4-8-11(12)15-16-17/h1-9,13-14H. The Kier molecular flexibility index (Phi) is 1.98. The number of ether oxygens (including phenoxy) is 1. The first-order valence-electron chi connectivity index (χ1n) is 5.94. The van der Waals surface area contributed by atoms with E-state index in [9.17, 15) is 0 Å². The minimum Gasteiger partial charge on any atom is -0.341 e. The van der Waals surface area contributed by atoms with Gasteiger partial charge in [0.05, 0.1) is 5.52 Å². The number of hydrogen-bond acceptors (Lipinski definition) is 3. The predicted octanol–water partition coefficient (Wildman–Crippen LogP) is 2.70. The van der Waals surface area contributed by atoms with Gasteiger partial charge in [0.2, 0.25) is 0 Å². The lowest BCUT2D eigenvalue weighted by Crippen LogP contribution is -1.98. The van der Waals surface area contributed by atoms with Crippen molar-refractivity contribution in [3.63, 3.8) is 0 Å². The Balaban J connectivity index is 1.70. The van der Waals surface area contributed by atoms with Crippen LogP contribution < -0.4 is 0 Å². The smallest absolute Gasteiger partial charge is 0.183 e. The molecule has 0 bridgehead atoms. The van der Waals surface area contributed by atoms with Crippen molar-refractivity contribution in [2.24, 2.45) is 0 Å². The number of rotatable bonds is 2. The molecule has 0 amide bonds. The van der Waals surface area contributed by atoms with E-state index in [1.54, 1.807) is 0 Å². The Hall–Kier alpha value is -2.20. The molecule has 0 radical (unpaired) electrons. The zero-order valence-corrected chi connectivity index (χ0v) is 9.60. The normalized spacial score (nSPS) is 22.2. The topological polar surface area (TPSA) is 43.2 Å². The zero-order valence-electron chi connectivity index (χ0n) is 9.60. The summed E-state index contributed by atoms with van der Waals surface area (Å²) in [5.74, 6) is 0. The summed E-state index contributed by atoms with van der Waals surface area (Å²) in [6, 6.07) is 18.1. The molecule has 4 rings (SSSR count). The molecule has 0 spiro atoms. The van der Waals surface area contributed by atoms with Crippen LogP contribution in [0.4, 0.5) is 0 Å². The molecule has 88 valence electrons. The quantitative estimate of drug-likeness (QED) is 0.643. The van der Waals surface area contributed by atoms with E-state index in [4.69, 9.17) is 4.74 Å². The third-order valence-corrected chi connectivity index (χ3v) is 3.21. The average Bonchev–Trinajstić information content (AvgIpc) is 3.12. The summed E-state index contributed by atoms with van der Waals surface area (Å²) in [4.78, 5) is 0. The lowest BCUT2D eigenvalue weighted by molar-refractivity contribution is 0.321. The molecule has 1 saturated heterocycles. The Labute approximate surface area is 104 Å². The largest absolute Gasteiger partial charge is 0.341 e. The number of aromatic nitrogens is 3. The van der Waals surface area contributed by atoms with E-state index < -0.39 is 0 Å². The second-order valence-corrected chi connectivity index (χ2v) is 4.38. The van der Waals surface area contributed by atoms with Crippen LogP contribution in [0.15, 0.2) is 54.6 Å². The number of fused-ring (bicyclic) bond motifs is 1. The minimum atomic E-state index is -0.0280. The summed E-state index contributed by atoms with van der Waals surface area (Å²) in [7, 11) is 0. The Morgan fingerprint density at radius 2 is 1.72 bits per heavy atom. The summed E-state index contributed by atoms with van der Waals surface area (Å²) in [5, 5.41) is 8.32. The van der Waals surface area contributed by atoms with Gasteiger partial charge in [-0.2, -0.15) is 0 Å². The van der Waals surface area contributed by atoms with Crippen LogP contribution in [0.25, 0.3) is 11.0 Å². The maximum absolute atomic E-state index is 5.72. The third kappa shape index (κ3) is 1.43. The number of epoxide rings is 1. The Morgan fingerprint density at radius 1 is 0.944 bits per heavy atom. The fraction of sp³-hybridized carbons (Fsp3) is 0.143. The number of para-hydroxylation sites is 1. The first-order chi connectivity index (χ1) is 8.93. The van der Waals surface area contributed by atoms with Gasteiger partial charge in [-0.05, 0) is 17.7 Å². The van der Waals surface area contributed by atoms with Crippen molar-refractivity contribution in [1.29, 1.82) is 0 Å². The van der Waals surface area contributed by atoms with Crippen molar-refractivity contribution in [3.8, 4) is 0 Å². The van der Waals surface area contributed by atoms with Gasteiger partial charge in [0.1, 0.15) is 11.6 Å². The fourth-order valence-electron chi connectivity index (χ4n) is 2.25. The highest BCUT2D eigenvalue weighted by Gasteiger charge is 2.43. The molecule has 3 aromatic rings. The first-order valence-corrected chi connectivity index (χ1v) is 5.94. The van der Waals surface area contributed by atoms with Crippen molar-refractivity contribution >= 4 is 11.0 Å². The summed E-state index contributed by atoms with van der Waals surface area (Å²) in [5.41, 5.74) is 3.10. The Bertz CT molecular complexity index is 692. The highest BCUT2D eigenvalue weighted by molar-refractivity contribution is 5.74. The van der Waals surface area contributed by atoms with Crippen LogP contribution in [0.3, 0.4) is 0 Å². The molecule has 0 aliphatic carbocycles. The highest BCUT2D eigenvalue weighted by Crippen LogP contribution is 2.47. The van der Waals surface area contributed by atoms with E-state index in [0.717, 1.165) is 11.0 Å². The molecular formula is C14H11N3O. The molecule has 1 aliphatic heterocycles. The van der Waals surface area contributed by atoms with Gasteiger partial charge in [-0.15, -0.1) is 5.10 Å². The van der Waals surface area contributed by atoms with Crippen LogP contribution in [0.5, 0.6) is 0 Å². The van der Waals surface area contributed by atoms with Gasteiger partial charge in [0.25, 0.3) is 0 Å². The van der Waals surface area contributed by atoms with E-state index in [2.05, 4.69) is 22.4 Å². The van der Waals surface area contributed by atoms with Crippen LogP contribution in [0.2, 0.25) is 0 Å². The molecule has 0 saturated carbocycles. The lowest BCUT2D eigenvalue weighted by Gasteiger charge is -1.97. The van der Waals surface area contributed by atoms with Crippen LogP contribution in [-0.2, 0) is 4.74 Å². The SMILES string of the molecule is c1ccc(C2OC2n2nnc3ccccc32)cc1. The second-order valence-electron chi connectivity index (χ2n) is 4.38. The van der Waals surface area contributed by atoms with Crippen LogP contribution >= 0.6 is 0 Å². The lowest BCUT2D eigenvalue weighted by atomic mass is 10.1. The van der Waals surface area contributed by atoms with Gasteiger partial charge in [-0.3, -0.25) is 0 Å². The molecule has 4 heteroatoms. The number of benzene rings is 2. The van der Waals surface area contributed by atoms with Gasteiger partial charge in [0, 0.05) is 0 Å². The van der Waals surface area contributed by atoms with E-state index in [1.807, 2.05) is 47.1 Å². The number of hydrogen-bond donors (Lipinski definition) is 0. The maximum Gasteiger partial charge on any atom is 0.183 e. The van der Waals surface area contributed by atoms with Crippen molar-refractivity contribution in [2.75, 3.05) is 0 Å². The second kappa shape index (κ2) is 3.65. The summed E-state index contributed by atoms with van der Waals surface area (Å²) in [6.45, 7) is 0. The monoisotopic (exact) mass is 237 g/mol. The van der Waals surface area contributed by atoms with Crippen LogP contribution in [0, 0.1) is 0 Å². The van der Waals surface area contributed by atoms with E-state index >= 15 is 0 Å². The molecule has 1 aliphatic rings. The van der Waals surface area contributed by atoms with E-state index in [1.165, 1.54) is 5.56 Å². The van der Waals surface area contributed by atoms with Gasteiger partial charge in [0.15, 0.2) is 6.23 Å². The average molecular weight is 237 g/mol. The summed E-state index contributed by atoms with van der Waals surface area (Å²) in [6.07, 6.45) is 0.0658. The number of nitrogens with zero attached hydrogens (tertiary/aromatic N) is 3. The first kappa shape index (κ1) is 9.79. The van der Waals surface area contributed by atoms with Gasteiger partial charge in [-0.1, -0.05) is 47.7 Å². The van der Waals surface area contributed by atoms with Gasteiger partial charge in [-0.25, -0.2) is 4.68 Å². The van der Waals surface area contributed by atoms with Crippen LogP contribution in [-0.4, -0.2) is 15.0 Å². The fourth-order valence-corrected chi connectivity index (χ4v) is 2.25. The zero-order chi connectivity index (χ0) is 11.9. The molecule has 4 nitrogen and oxygen atoms in total. The molecule has 18 heavy (non-hydrogen) atoms. The van der Waals surface area contributed by atoms with E-state index in [0.29, 0.717) is 0 Å². The molecule has 2 heterocycles. The van der Waals surface area contributed by atoms with Crippen LogP contribution in [0.1, 0.15) is 17.9 Å². The van der Waals surface area contributed by atoms with E-state index in [-0.39, 0.29) is 12.3 Å². The van der Waals surface area contributed by atoms with Gasteiger partial charge < -0.3 is 4.74 Å². The minimum absolute atomic E-state index is 0.0280. The molecule has 1 aromatic heterocycles.